The highest BCUT2D eigenvalue weighted by Crippen LogP contribution is 2.35. The van der Waals surface area contributed by atoms with Crippen molar-refractivity contribution >= 4 is 28.3 Å². The zero-order chi connectivity index (χ0) is 15.2. The van der Waals surface area contributed by atoms with Crippen molar-refractivity contribution in [2.45, 2.75) is 26.3 Å². The summed E-state index contributed by atoms with van der Waals surface area (Å²) in [5.41, 5.74) is 8.63. The maximum atomic E-state index is 6.29. The van der Waals surface area contributed by atoms with Crippen molar-refractivity contribution in [3.8, 4) is 11.3 Å². The second-order valence-electron chi connectivity index (χ2n) is 6.01. The maximum absolute atomic E-state index is 6.29. The lowest BCUT2D eigenvalue weighted by Gasteiger charge is -2.22. The van der Waals surface area contributed by atoms with Gasteiger partial charge in [0.2, 0.25) is 0 Å². The molecule has 1 aromatic carbocycles. The van der Waals surface area contributed by atoms with Gasteiger partial charge in [0, 0.05) is 22.7 Å². The molecule has 2 aromatic heterocycles. The number of benzene rings is 1. The summed E-state index contributed by atoms with van der Waals surface area (Å²) in [5, 5.41) is 1.58. The standard InChI is InChI=1S/C16H17ClN4/c1-16(2,3)21-9-20-14(15(21)18)11-6-7-12(17)10-5-4-8-19-13(10)11/h4-9H,18H2,1-3H3. The molecule has 0 bridgehead atoms. The first-order chi connectivity index (χ1) is 9.89. The summed E-state index contributed by atoms with van der Waals surface area (Å²) in [5.74, 6) is 0.636. The van der Waals surface area contributed by atoms with Crippen molar-refractivity contribution in [2.24, 2.45) is 0 Å². The normalized spacial score (nSPS) is 12.0. The fourth-order valence-corrected chi connectivity index (χ4v) is 2.64. The Morgan fingerprint density at radius 1 is 1.14 bits per heavy atom. The number of rotatable bonds is 1. The highest BCUT2D eigenvalue weighted by atomic mass is 35.5. The number of hydrogen-bond acceptors (Lipinski definition) is 3. The number of imidazole rings is 1. The average Bonchev–Trinajstić information content (AvgIpc) is 2.81. The number of halogens is 1. The van der Waals surface area contributed by atoms with Gasteiger partial charge in [0.1, 0.15) is 11.5 Å². The second-order valence-corrected chi connectivity index (χ2v) is 6.42. The van der Waals surface area contributed by atoms with Crippen LogP contribution in [-0.2, 0) is 5.54 Å². The Hall–Kier alpha value is -2.07. The Kier molecular flexibility index (Phi) is 3.14. The summed E-state index contributed by atoms with van der Waals surface area (Å²) in [7, 11) is 0. The summed E-state index contributed by atoms with van der Waals surface area (Å²) in [6, 6.07) is 7.60. The number of pyridine rings is 1. The van der Waals surface area contributed by atoms with Gasteiger partial charge in [-0.3, -0.25) is 4.98 Å². The smallest absolute Gasteiger partial charge is 0.132 e. The summed E-state index contributed by atoms with van der Waals surface area (Å²) in [4.78, 5) is 8.93. The number of hydrogen-bond donors (Lipinski definition) is 1. The Morgan fingerprint density at radius 3 is 2.57 bits per heavy atom. The van der Waals surface area contributed by atoms with E-state index in [0.29, 0.717) is 10.8 Å². The van der Waals surface area contributed by atoms with Crippen LogP contribution in [0.15, 0.2) is 36.8 Å². The third-order valence-electron chi connectivity index (χ3n) is 3.50. The van der Waals surface area contributed by atoms with Crippen molar-refractivity contribution in [3.63, 3.8) is 0 Å². The van der Waals surface area contributed by atoms with Crippen LogP contribution in [0, 0.1) is 0 Å². The maximum Gasteiger partial charge on any atom is 0.132 e. The minimum Gasteiger partial charge on any atom is -0.383 e. The summed E-state index contributed by atoms with van der Waals surface area (Å²) < 4.78 is 1.96. The molecule has 4 nitrogen and oxygen atoms in total. The fourth-order valence-electron chi connectivity index (χ4n) is 2.43. The van der Waals surface area contributed by atoms with Gasteiger partial charge < -0.3 is 10.3 Å². The molecule has 2 N–H and O–H groups in total. The first-order valence-electron chi connectivity index (χ1n) is 6.76. The van der Waals surface area contributed by atoms with Crippen LogP contribution in [0.4, 0.5) is 5.82 Å². The lowest BCUT2D eigenvalue weighted by atomic mass is 10.1. The minimum absolute atomic E-state index is 0.120. The molecule has 3 rings (SSSR count). The van der Waals surface area contributed by atoms with Gasteiger partial charge in [-0.2, -0.15) is 0 Å². The summed E-state index contributed by atoms with van der Waals surface area (Å²) >= 11 is 6.24. The molecule has 0 atom stereocenters. The van der Waals surface area contributed by atoms with Gasteiger partial charge in [0.15, 0.2) is 0 Å². The quantitative estimate of drug-likeness (QED) is 0.736. The third kappa shape index (κ3) is 2.25. The largest absolute Gasteiger partial charge is 0.383 e. The van der Waals surface area contributed by atoms with E-state index in [9.17, 15) is 0 Å². The number of anilines is 1. The molecule has 0 saturated heterocycles. The van der Waals surface area contributed by atoms with Crippen LogP contribution in [0.25, 0.3) is 22.2 Å². The molecule has 0 aliphatic carbocycles. The Morgan fingerprint density at radius 2 is 1.90 bits per heavy atom. The first-order valence-corrected chi connectivity index (χ1v) is 7.14. The topological polar surface area (TPSA) is 56.7 Å². The molecular weight excluding hydrogens is 284 g/mol. The number of nitrogen functional groups attached to an aromatic ring is 1. The first kappa shape index (κ1) is 13.9. The Balaban J connectivity index is 2.28. The van der Waals surface area contributed by atoms with E-state index < -0.39 is 0 Å². The van der Waals surface area contributed by atoms with E-state index in [1.54, 1.807) is 12.5 Å². The van der Waals surface area contributed by atoms with E-state index in [-0.39, 0.29) is 5.54 Å². The minimum atomic E-state index is -0.120. The van der Waals surface area contributed by atoms with Crippen molar-refractivity contribution in [3.05, 3.63) is 41.8 Å². The number of nitrogens with zero attached hydrogens (tertiary/aromatic N) is 3. The van der Waals surface area contributed by atoms with Crippen molar-refractivity contribution in [1.82, 2.24) is 14.5 Å². The molecule has 21 heavy (non-hydrogen) atoms. The van der Waals surface area contributed by atoms with Gasteiger partial charge in [-0.25, -0.2) is 4.98 Å². The van der Waals surface area contributed by atoms with Gasteiger partial charge in [0.25, 0.3) is 0 Å². The Labute approximate surface area is 128 Å². The van der Waals surface area contributed by atoms with Gasteiger partial charge >= 0.3 is 0 Å². The van der Waals surface area contributed by atoms with Crippen LogP contribution in [0.3, 0.4) is 0 Å². The van der Waals surface area contributed by atoms with Crippen molar-refractivity contribution in [2.75, 3.05) is 5.73 Å². The van der Waals surface area contributed by atoms with Crippen LogP contribution in [0.1, 0.15) is 20.8 Å². The molecule has 0 aliphatic heterocycles. The Bertz CT molecular complexity index is 815. The molecule has 0 unspecified atom stereocenters. The van der Waals surface area contributed by atoms with Crippen LogP contribution < -0.4 is 5.73 Å². The molecular formula is C16H17ClN4. The van der Waals surface area contributed by atoms with Crippen molar-refractivity contribution in [1.29, 1.82) is 0 Å². The predicted octanol–water partition coefficient (Wildman–Crippen LogP) is 4.09. The van der Waals surface area contributed by atoms with E-state index in [0.717, 1.165) is 22.2 Å². The SMILES string of the molecule is CC(C)(C)n1cnc(-c2ccc(Cl)c3cccnc23)c1N. The van der Waals surface area contributed by atoms with Crippen LogP contribution >= 0.6 is 11.6 Å². The van der Waals surface area contributed by atoms with E-state index in [1.165, 1.54) is 0 Å². The molecule has 0 saturated carbocycles. The second kappa shape index (κ2) is 4.74. The number of fused-ring (bicyclic) bond motifs is 1. The van der Waals surface area contributed by atoms with Gasteiger partial charge in [-0.15, -0.1) is 0 Å². The van der Waals surface area contributed by atoms with Gasteiger partial charge in [0.05, 0.1) is 16.9 Å². The van der Waals surface area contributed by atoms with Gasteiger partial charge in [-0.1, -0.05) is 11.6 Å². The summed E-state index contributed by atoms with van der Waals surface area (Å²) in [6.07, 6.45) is 3.52. The van der Waals surface area contributed by atoms with Gasteiger partial charge in [-0.05, 0) is 45.0 Å². The fraction of sp³-hybridized carbons (Fsp3) is 0.250. The lowest BCUT2D eigenvalue weighted by Crippen LogP contribution is -2.22. The van der Waals surface area contributed by atoms with E-state index in [2.05, 4.69) is 30.7 Å². The molecule has 0 spiro atoms. The zero-order valence-electron chi connectivity index (χ0n) is 12.3. The third-order valence-corrected chi connectivity index (χ3v) is 3.83. The van der Waals surface area contributed by atoms with Crippen LogP contribution in [0.5, 0.6) is 0 Å². The molecule has 5 heteroatoms. The molecule has 0 amide bonds. The van der Waals surface area contributed by atoms with E-state index >= 15 is 0 Å². The highest BCUT2D eigenvalue weighted by Gasteiger charge is 2.20. The van der Waals surface area contributed by atoms with Crippen LogP contribution in [-0.4, -0.2) is 14.5 Å². The number of aromatic nitrogens is 3. The van der Waals surface area contributed by atoms with E-state index in [1.807, 2.05) is 28.8 Å². The molecule has 2 heterocycles. The van der Waals surface area contributed by atoms with E-state index in [4.69, 9.17) is 17.3 Å². The zero-order valence-corrected chi connectivity index (χ0v) is 13.0. The van der Waals surface area contributed by atoms with Crippen molar-refractivity contribution < 1.29 is 0 Å². The molecule has 108 valence electrons. The molecule has 0 fully saturated rings. The highest BCUT2D eigenvalue weighted by molar-refractivity contribution is 6.35. The monoisotopic (exact) mass is 300 g/mol. The lowest BCUT2D eigenvalue weighted by molar-refractivity contribution is 0.402. The van der Waals surface area contributed by atoms with Crippen LogP contribution in [0.2, 0.25) is 5.02 Å². The predicted molar refractivity (Wildman–Crippen MR) is 87.4 cm³/mol. The molecule has 0 radical (unpaired) electrons. The number of nitrogens with two attached hydrogens (primary N) is 1. The molecule has 0 aliphatic rings. The average molecular weight is 301 g/mol. The molecule has 3 aromatic rings. The summed E-state index contributed by atoms with van der Waals surface area (Å²) in [6.45, 7) is 6.27.